The van der Waals surface area contributed by atoms with E-state index in [1.54, 1.807) is 20.5 Å². The van der Waals surface area contributed by atoms with Gasteiger partial charge < -0.3 is 24.3 Å². The molecule has 0 unspecified atom stereocenters. The van der Waals surface area contributed by atoms with Crippen LogP contribution >= 0.6 is 0 Å². The monoisotopic (exact) mass is 408 g/mol. The normalized spacial score (nSPS) is 16.5. The first-order valence-corrected chi connectivity index (χ1v) is 10.3. The van der Waals surface area contributed by atoms with Crippen molar-refractivity contribution in [3.05, 3.63) is 54.4 Å². The van der Waals surface area contributed by atoms with Crippen molar-refractivity contribution in [2.75, 3.05) is 50.3 Å². The van der Waals surface area contributed by atoms with Crippen LogP contribution in [0.15, 0.2) is 48.8 Å². The number of carbonyl (C=O) groups is 1. The third-order valence-electron chi connectivity index (χ3n) is 5.67. The van der Waals surface area contributed by atoms with Crippen molar-refractivity contribution in [3.8, 4) is 0 Å². The van der Waals surface area contributed by atoms with E-state index in [0.29, 0.717) is 19.6 Å². The van der Waals surface area contributed by atoms with Gasteiger partial charge >= 0.3 is 0 Å². The molecule has 1 N–H and O–H groups in total. The number of nitrogens with zero attached hydrogens (tertiary/aromatic N) is 3. The van der Waals surface area contributed by atoms with E-state index in [4.69, 9.17) is 9.47 Å². The van der Waals surface area contributed by atoms with Crippen LogP contribution in [0, 0.1) is 0 Å². The minimum atomic E-state index is 0.0401. The molecule has 3 aromatic rings. The molecule has 1 atom stereocenters. The van der Waals surface area contributed by atoms with E-state index in [1.807, 2.05) is 23.1 Å². The molecule has 0 bridgehead atoms. The fraction of sp³-hybridized carbons (Fsp3) is 0.391. The van der Waals surface area contributed by atoms with Gasteiger partial charge in [-0.2, -0.15) is 0 Å². The molecule has 0 aliphatic carbocycles. The van der Waals surface area contributed by atoms with Gasteiger partial charge in [0.05, 0.1) is 36.6 Å². The van der Waals surface area contributed by atoms with E-state index in [0.717, 1.165) is 47.5 Å². The van der Waals surface area contributed by atoms with Crippen molar-refractivity contribution in [2.24, 2.45) is 0 Å². The van der Waals surface area contributed by atoms with Crippen LogP contribution in [0.25, 0.3) is 11.0 Å². The van der Waals surface area contributed by atoms with Crippen LogP contribution in [0.5, 0.6) is 0 Å². The highest BCUT2D eigenvalue weighted by atomic mass is 16.5. The van der Waals surface area contributed by atoms with Crippen molar-refractivity contribution >= 4 is 28.3 Å². The van der Waals surface area contributed by atoms with Crippen molar-refractivity contribution < 1.29 is 14.3 Å². The van der Waals surface area contributed by atoms with E-state index in [-0.39, 0.29) is 11.9 Å². The molecule has 0 saturated carbocycles. The van der Waals surface area contributed by atoms with Crippen LogP contribution in [0.4, 0.5) is 11.4 Å². The van der Waals surface area contributed by atoms with Crippen molar-refractivity contribution in [3.63, 3.8) is 0 Å². The van der Waals surface area contributed by atoms with Crippen molar-refractivity contribution in [1.29, 1.82) is 0 Å². The number of fused-ring (bicyclic) bond motifs is 1. The Kier molecular flexibility index (Phi) is 6.30. The number of benzene rings is 2. The van der Waals surface area contributed by atoms with Crippen molar-refractivity contribution in [2.45, 2.75) is 18.9 Å². The summed E-state index contributed by atoms with van der Waals surface area (Å²) in [4.78, 5) is 24.3. The molecule has 1 aromatic heterocycles. The second-order valence-electron chi connectivity index (χ2n) is 7.49. The SMILES string of the molecule is COCCN(CCOC)c1ccc([C@H]2CCC(=O)N2c2ccc3nc[nH]c3c2)cc1. The van der Waals surface area contributed by atoms with E-state index in [2.05, 4.69) is 39.1 Å². The Balaban J connectivity index is 1.56. The first kappa shape index (κ1) is 20.4. The Hall–Kier alpha value is -2.90. The number of anilines is 2. The van der Waals surface area contributed by atoms with Gasteiger partial charge in [0, 0.05) is 45.1 Å². The van der Waals surface area contributed by atoms with Gasteiger partial charge in [-0.25, -0.2) is 4.98 Å². The van der Waals surface area contributed by atoms with E-state index < -0.39 is 0 Å². The van der Waals surface area contributed by atoms with Gasteiger partial charge in [0.1, 0.15) is 0 Å². The van der Waals surface area contributed by atoms with Gasteiger partial charge in [-0.3, -0.25) is 4.79 Å². The lowest BCUT2D eigenvalue weighted by Gasteiger charge is -2.27. The summed E-state index contributed by atoms with van der Waals surface area (Å²) in [5.74, 6) is 0.157. The summed E-state index contributed by atoms with van der Waals surface area (Å²) in [7, 11) is 3.42. The molecule has 1 aliphatic rings. The fourth-order valence-electron chi connectivity index (χ4n) is 4.08. The number of nitrogens with one attached hydrogen (secondary N) is 1. The number of rotatable bonds is 9. The van der Waals surface area contributed by atoms with Gasteiger partial charge in [0.2, 0.25) is 5.91 Å². The fourth-order valence-corrected chi connectivity index (χ4v) is 4.08. The zero-order valence-corrected chi connectivity index (χ0v) is 17.5. The summed E-state index contributed by atoms with van der Waals surface area (Å²) in [5, 5.41) is 0. The van der Waals surface area contributed by atoms with Gasteiger partial charge in [-0.1, -0.05) is 12.1 Å². The lowest BCUT2D eigenvalue weighted by atomic mass is 10.0. The van der Waals surface area contributed by atoms with Gasteiger partial charge in [-0.05, 0) is 42.3 Å². The maximum absolute atomic E-state index is 12.7. The third-order valence-corrected chi connectivity index (χ3v) is 5.67. The Morgan fingerprint density at radius 2 is 1.83 bits per heavy atom. The molecule has 158 valence electrons. The molecular formula is C23H28N4O3. The number of ether oxygens (including phenoxy) is 2. The van der Waals surface area contributed by atoms with Gasteiger partial charge in [0.15, 0.2) is 0 Å². The minimum Gasteiger partial charge on any atom is -0.383 e. The van der Waals surface area contributed by atoms with Gasteiger partial charge in [0.25, 0.3) is 0 Å². The number of hydrogen-bond donors (Lipinski definition) is 1. The Bertz CT molecular complexity index is 978. The molecule has 1 amide bonds. The molecule has 2 aromatic carbocycles. The largest absolute Gasteiger partial charge is 0.383 e. The molecule has 4 rings (SSSR count). The number of hydrogen-bond acceptors (Lipinski definition) is 5. The minimum absolute atomic E-state index is 0.0401. The van der Waals surface area contributed by atoms with Crippen LogP contribution in [-0.4, -0.2) is 56.4 Å². The quantitative estimate of drug-likeness (QED) is 0.587. The van der Waals surface area contributed by atoms with Crippen LogP contribution in [0.3, 0.4) is 0 Å². The smallest absolute Gasteiger partial charge is 0.227 e. The van der Waals surface area contributed by atoms with Gasteiger partial charge in [-0.15, -0.1) is 0 Å². The average Bonchev–Trinajstić information content (AvgIpc) is 3.40. The standard InChI is InChI=1S/C23H28N4O3/c1-29-13-11-26(12-14-30-2)18-5-3-17(4-6-18)22-9-10-23(28)27(22)19-7-8-20-21(15-19)25-16-24-20/h3-8,15-16,22H,9-14H2,1-2H3,(H,24,25)/t22-/m1/s1. The Morgan fingerprint density at radius 1 is 1.10 bits per heavy atom. The zero-order chi connectivity index (χ0) is 20.9. The number of imidazole rings is 1. The summed E-state index contributed by atoms with van der Waals surface area (Å²) in [6.07, 6.45) is 3.05. The molecule has 0 radical (unpaired) electrons. The molecule has 1 fully saturated rings. The highest BCUT2D eigenvalue weighted by molar-refractivity contribution is 5.98. The number of H-pyrrole nitrogens is 1. The zero-order valence-electron chi connectivity index (χ0n) is 17.5. The number of aromatic amines is 1. The summed E-state index contributed by atoms with van der Waals surface area (Å²) in [6, 6.07) is 14.5. The molecular weight excluding hydrogens is 380 g/mol. The molecule has 30 heavy (non-hydrogen) atoms. The highest BCUT2D eigenvalue weighted by Crippen LogP contribution is 2.38. The molecule has 7 nitrogen and oxygen atoms in total. The second-order valence-corrected chi connectivity index (χ2v) is 7.49. The number of methoxy groups -OCH3 is 2. The Labute approximate surface area is 176 Å². The lowest BCUT2D eigenvalue weighted by molar-refractivity contribution is -0.117. The van der Waals surface area contributed by atoms with E-state index >= 15 is 0 Å². The molecule has 0 spiro atoms. The molecule has 1 aliphatic heterocycles. The third kappa shape index (κ3) is 4.17. The Morgan fingerprint density at radius 3 is 2.53 bits per heavy atom. The highest BCUT2D eigenvalue weighted by Gasteiger charge is 2.33. The summed E-state index contributed by atoms with van der Waals surface area (Å²) in [5.41, 5.74) is 5.02. The van der Waals surface area contributed by atoms with E-state index in [1.165, 1.54) is 0 Å². The average molecular weight is 409 g/mol. The topological polar surface area (TPSA) is 70.7 Å². The van der Waals surface area contributed by atoms with Crippen LogP contribution in [0.1, 0.15) is 24.4 Å². The first-order valence-electron chi connectivity index (χ1n) is 10.3. The van der Waals surface area contributed by atoms with Crippen LogP contribution < -0.4 is 9.80 Å². The molecule has 7 heteroatoms. The van der Waals surface area contributed by atoms with E-state index in [9.17, 15) is 4.79 Å². The maximum Gasteiger partial charge on any atom is 0.227 e. The predicted octanol–water partition coefficient (Wildman–Crippen LogP) is 3.53. The number of carbonyl (C=O) groups excluding carboxylic acids is 1. The molecule has 1 saturated heterocycles. The summed E-state index contributed by atoms with van der Waals surface area (Å²) < 4.78 is 10.5. The summed E-state index contributed by atoms with van der Waals surface area (Å²) in [6.45, 7) is 2.92. The van der Waals surface area contributed by atoms with Crippen LogP contribution in [0.2, 0.25) is 0 Å². The van der Waals surface area contributed by atoms with Crippen molar-refractivity contribution in [1.82, 2.24) is 9.97 Å². The maximum atomic E-state index is 12.7. The summed E-state index contributed by atoms with van der Waals surface area (Å²) >= 11 is 0. The number of aromatic nitrogens is 2. The lowest BCUT2D eigenvalue weighted by Crippen LogP contribution is -2.30. The number of amides is 1. The predicted molar refractivity (Wildman–Crippen MR) is 118 cm³/mol. The van der Waals surface area contributed by atoms with Crippen LogP contribution in [-0.2, 0) is 14.3 Å². The first-order chi connectivity index (χ1) is 14.7. The molecule has 2 heterocycles. The second kappa shape index (κ2) is 9.28.